The summed E-state index contributed by atoms with van der Waals surface area (Å²) in [4.78, 5) is 0. The number of hydrogen-bond donors (Lipinski definition) is 0. The zero-order chi connectivity index (χ0) is 8.55. The van der Waals surface area contributed by atoms with Gasteiger partial charge in [0.1, 0.15) is 6.07 Å². The second-order valence-electron chi connectivity index (χ2n) is 2.68. The molecule has 1 aliphatic heterocycles. The van der Waals surface area contributed by atoms with Gasteiger partial charge in [-0.1, -0.05) is 0 Å². The van der Waals surface area contributed by atoms with Crippen LogP contribution in [0.4, 0.5) is 0 Å². The molecule has 4 heteroatoms. The topological polar surface area (TPSA) is 40.9 Å². The molecule has 1 aliphatic rings. The minimum absolute atomic E-state index is 0.725. The molecule has 0 saturated carbocycles. The smallest absolute Gasteiger partial charge is 0.100 e. The Morgan fingerprint density at radius 1 is 1.67 bits per heavy atom. The van der Waals surface area contributed by atoms with Gasteiger partial charge in [-0.2, -0.15) is 5.26 Å². The fraction of sp³-hybridized carbons (Fsp3) is 0.375. The van der Waals surface area contributed by atoms with Crippen molar-refractivity contribution in [2.45, 2.75) is 17.1 Å². The first kappa shape index (κ1) is 7.96. The van der Waals surface area contributed by atoms with E-state index in [2.05, 4.69) is 6.07 Å². The molecule has 0 N–H and O–H groups in total. The third-order valence-electron chi connectivity index (χ3n) is 1.94. The van der Waals surface area contributed by atoms with Gasteiger partial charge in [-0.25, -0.2) is 0 Å². The molecule has 2 rings (SSSR count). The molecular formula is C8H7NOS2. The van der Waals surface area contributed by atoms with Crippen molar-refractivity contribution in [2.24, 2.45) is 0 Å². The fourth-order valence-corrected chi connectivity index (χ4v) is 4.04. The van der Waals surface area contributed by atoms with Crippen molar-refractivity contribution in [3.63, 3.8) is 0 Å². The van der Waals surface area contributed by atoms with Crippen molar-refractivity contribution in [1.82, 2.24) is 0 Å². The predicted octanol–water partition coefficient (Wildman–Crippen LogP) is 1.67. The van der Waals surface area contributed by atoms with Crippen LogP contribution >= 0.6 is 11.3 Å². The maximum absolute atomic E-state index is 11.4. The van der Waals surface area contributed by atoms with E-state index in [1.54, 1.807) is 0 Å². The van der Waals surface area contributed by atoms with Crippen molar-refractivity contribution in [3.05, 3.63) is 16.5 Å². The fourth-order valence-electron chi connectivity index (χ4n) is 1.36. The van der Waals surface area contributed by atoms with Gasteiger partial charge in [-0.3, -0.25) is 4.21 Å². The quantitative estimate of drug-likeness (QED) is 0.635. The molecule has 2 nitrogen and oxygen atoms in total. The Bertz CT molecular complexity index is 375. The monoisotopic (exact) mass is 197 g/mol. The van der Waals surface area contributed by atoms with Crippen molar-refractivity contribution in [1.29, 1.82) is 5.26 Å². The molecule has 1 atom stereocenters. The average molecular weight is 197 g/mol. The Morgan fingerprint density at radius 3 is 3.25 bits per heavy atom. The summed E-state index contributed by atoms with van der Waals surface area (Å²) in [6.45, 7) is 0. The highest BCUT2D eigenvalue weighted by Crippen LogP contribution is 2.30. The Morgan fingerprint density at radius 2 is 2.50 bits per heavy atom. The maximum Gasteiger partial charge on any atom is 0.100 e. The lowest BCUT2D eigenvalue weighted by molar-refractivity contribution is 0.676. The molecule has 0 bridgehead atoms. The summed E-state index contributed by atoms with van der Waals surface area (Å²) in [7, 11) is -0.829. The van der Waals surface area contributed by atoms with Gasteiger partial charge in [-0.15, -0.1) is 11.3 Å². The van der Waals surface area contributed by atoms with Crippen LogP contribution in [0.25, 0.3) is 0 Å². The van der Waals surface area contributed by atoms with Crippen LogP contribution < -0.4 is 0 Å². The summed E-state index contributed by atoms with van der Waals surface area (Å²) in [6, 6.07) is 2.13. The Hall–Kier alpha value is -0.660. The predicted molar refractivity (Wildman–Crippen MR) is 48.6 cm³/mol. The number of nitriles is 1. The molecule has 0 aromatic carbocycles. The van der Waals surface area contributed by atoms with Crippen molar-refractivity contribution in [3.8, 4) is 6.07 Å². The molecule has 1 unspecified atom stereocenters. The highest BCUT2D eigenvalue weighted by Gasteiger charge is 2.20. The molecule has 0 spiro atoms. The summed E-state index contributed by atoms with van der Waals surface area (Å²) in [5, 5.41) is 10.5. The number of thiophene rings is 1. The normalized spacial score (nSPS) is 21.4. The van der Waals surface area contributed by atoms with Crippen molar-refractivity contribution < 1.29 is 4.21 Å². The van der Waals surface area contributed by atoms with Gasteiger partial charge >= 0.3 is 0 Å². The largest absolute Gasteiger partial charge is 0.254 e. The van der Waals surface area contributed by atoms with Gasteiger partial charge in [0.25, 0.3) is 0 Å². The molecule has 0 aliphatic carbocycles. The van der Waals surface area contributed by atoms with Crippen LogP contribution in [-0.4, -0.2) is 9.96 Å². The lowest BCUT2D eigenvalue weighted by atomic mass is 10.1. The molecule has 0 radical (unpaired) electrons. The van der Waals surface area contributed by atoms with Crippen LogP contribution in [0.5, 0.6) is 0 Å². The third-order valence-corrected chi connectivity index (χ3v) is 4.92. The van der Waals surface area contributed by atoms with Crippen molar-refractivity contribution in [2.75, 3.05) is 5.75 Å². The standard InChI is InChI=1S/C8H7NOS2/c9-4-6-5-11-8-7(6)2-1-3-12(8)10/h5H,1-3H2. The summed E-state index contributed by atoms with van der Waals surface area (Å²) in [6.07, 6.45) is 1.87. The maximum atomic E-state index is 11.4. The Kier molecular flexibility index (Phi) is 1.99. The first-order chi connectivity index (χ1) is 5.83. The van der Waals surface area contributed by atoms with Crippen LogP contribution in [-0.2, 0) is 17.2 Å². The van der Waals surface area contributed by atoms with E-state index >= 15 is 0 Å². The van der Waals surface area contributed by atoms with Gasteiger partial charge in [-0.05, 0) is 18.4 Å². The molecule has 1 aromatic rings. The number of hydrogen-bond acceptors (Lipinski definition) is 3. The molecule has 0 fully saturated rings. The van der Waals surface area contributed by atoms with Crippen LogP contribution in [0, 0.1) is 11.3 Å². The molecular weight excluding hydrogens is 190 g/mol. The number of fused-ring (bicyclic) bond motifs is 1. The summed E-state index contributed by atoms with van der Waals surface area (Å²) in [5.74, 6) is 0.762. The zero-order valence-electron chi connectivity index (χ0n) is 6.37. The van der Waals surface area contributed by atoms with Crippen molar-refractivity contribution >= 4 is 22.1 Å². The van der Waals surface area contributed by atoms with E-state index < -0.39 is 10.8 Å². The molecule has 0 amide bonds. The van der Waals surface area contributed by atoms with Crippen LogP contribution in [0.15, 0.2) is 9.59 Å². The van der Waals surface area contributed by atoms with E-state index in [0.717, 1.165) is 33.9 Å². The number of rotatable bonds is 0. The van der Waals surface area contributed by atoms with E-state index in [0.29, 0.717) is 0 Å². The SMILES string of the molecule is N#Cc1csc2c1CCCS2=O. The lowest BCUT2D eigenvalue weighted by Crippen LogP contribution is -2.07. The van der Waals surface area contributed by atoms with E-state index in [1.165, 1.54) is 11.3 Å². The summed E-state index contributed by atoms with van der Waals surface area (Å²) in [5.41, 5.74) is 1.76. The van der Waals surface area contributed by atoms with E-state index in [9.17, 15) is 4.21 Å². The number of nitrogens with zero attached hydrogens (tertiary/aromatic N) is 1. The van der Waals surface area contributed by atoms with Gasteiger partial charge in [0.05, 0.1) is 20.6 Å². The highest BCUT2D eigenvalue weighted by atomic mass is 32.2. The Balaban J connectivity index is 2.57. The van der Waals surface area contributed by atoms with Gasteiger partial charge in [0.15, 0.2) is 0 Å². The highest BCUT2D eigenvalue weighted by molar-refractivity contribution is 7.87. The minimum Gasteiger partial charge on any atom is -0.254 e. The summed E-state index contributed by atoms with van der Waals surface area (Å²) < 4.78 is 12.4. The van der Waals surface area contributed by atoms with Gasteiger partial charge < -0.3 is 0 Å². The van der Waals surface area contributed by atoms with Gasteiger partial charge in [0, 0.05) is 11.1 Å². The molecule has 62 valence electrons. The Labute approximate surface area is 77.3 Å². The molecule has 12 heavy (non-hydrogen) atoms. The van der Waals surface area contributed by atoms with Crippen LogP contribution in [0.1, 0.15) is 17.5 Å². The second kappa shape index (κ2) is 3.00. The molecule has 0 saturated heterocycles. The van der Waals surface area contributed by atoms with E-state index in [1.807, 2.05) is 5.38 Å². The average Bonchev–Trinajstić information content (AvgIpc) is 2.49. The van der Waals surface area contributed by atoms with Crippen LogP contribution in [0.2, 0.25) is 0 Å². The lowest BCUT2D eigenvalue weighted by Gasteiger charge is -2.09. The first-order valence-corrected chi connectivity index (χ1v) is 5.91. The van der Waals surface area contributed by atoms with E-state index in [4.69, 9.17) is 5.26 Å². The molecule has 2 heterocycles. The van der Waals surface area contributed by atoms with Gasteiger partial charge in [0.2, 0.25) is 0 Å². The zero-order valence-corrected chi connectivity index (χ0v) is 8.00. The molecule has 1 aromatic heterocycles. The van der Waals surface area contributed by atoms with Crippen LogP contribution in [0.3, 0.4) is 0 Å². The second-order valence-corrected chi connectivity index (χ2v) is 5.33. The minimum atomic E-state index is -0.829. The summed E-state index contributed by atoms with van der Waals surface area (Å²) >= 11 is 1.46. The third kappa shape index (κ3) is 1.10. The first-order valence-electron chi connectivity index (χ1n) is 3.72. The van der Waals surface area contributed by atoms with E-state index in [-0.39, 0.29) is 0 Å².